The molecule has 0 aliphatic heterocycles. The van der Waals surface area contributed by atoms with Crippen molar-refractivity contribution in [3.05, 3.63) is 39.0 Å². The number of aromatic hydroxyl groups is 1. The van der Waals surface area contributed by atoms with Gasteiger partial charge in [-0.15, -0.1) is 0 Å². The van der Waals surface area contributed by atoms with Crippen LogP contribution < -0.4 is 0 Å². The van der Waals surface area contributed by atoms with Gasteiger partial charge in [0.25, 0.3) is 0 Å². The van der Waals surface area contributed by atoms with E-state index in [4.69, 9.17) is 0 Å². The molecule has 2 rings (SSSR count). The smallest absolute Gasteiger partial charge is 0.115 e. The van der Waals surface area contributed by atoms with Crippen LogP contribution in [0.2, 0.25) is 0 Å². The molecule has 1 nitrogen and oxygen atoms in total. The summed E-state index contributed by atoms with van der Waals surface area (Å²) in [4.78, 5) is 0. The Hall–Kier alpha value is -0.800. The van der Waals surface area contributed by atoms with E-state index in [0.29, 0.717) is 5.75 Å². The van der Waals surface area contributed by atoms with E-state index in [0.717, 1.165) is 15.6 Å². The number of rotatable bonds is 1. The standard InChI is InChI=1S/C11H9BrOS/c1-7-4-8(13)2-3-9(7)10-5-14-6-11(10)12/h2-6,13H,1H3. The second-order valence-corrected chi connectivity index (χ2v) is 4.73. The minimum atomic E-state index is 0.317. The molecule has 0 amide bonds. The van der Waals surface area contributed by atoms with Gasteiger partial charge >= 0.3 is 0 Å². The molecule has 72 valence electrons. The average molecular weight is 269 g/mol. The second kappa shape index (κ2) is 3.75. The maximum absolute atomic E-state index is 9.30. The molecule has 14 heavy (non-hydrogen) atoms. The van der Waals surface area contributed by atoms with Crippen molar-refractivity contribution in [3.63, 3.8) is 0 Å². The first-order chi connectivity index (χ1) is 6.68. The van der Waals surface area contributed by atoms with Gasteiger partial charge in [0.05, 0.1) is 0 Å². The zero-order valence-electron chi connectivity index (χ0n) is 7.62. The van der Waals surface area contributed by atoms with Crippen LogP contribution in [0.15, 0.2) is 33.4 Å². The number of halogens is 1. The number of thiophene rings is 1. The van der Waals surface area contributed by atoms with Gasteiger partial charge in [0, 0.05) is 15.4 Å². The van der Waals surface area contributed by atoms with Crippen LogP contribution >= 0.6 is 27.3 Å². The maximum atomic E-state index is 9.30. The van der Waals surface area contributed by atoms with E-state index in [1.165, 1.54) is 5.56 Å². The monoisotopic (exact) mass is 268 g/mol. The van der Waals surface area contributed by atoms with Gasteiger partial charge in [0.1, 0.15) is 5.75 Å². The van der Waals surface area contributed by atoms with Crippen molar-refractivity contribution in [2.75, 3.05) is 0 Å². The predicted molar refractivity (Wildman–Crippen MR) is 63.9 cm³/mol. The molecule has 0 aliphatic rings. The quantitative estimate of drug-likeness (QED) is 0.822. The number of benzene rings is 1. The fraction of sp³-hybridized carbons (Fsp3) is 0.0909. The van der Waals surface area contributed by atoms with E-state index in [2.05, 4.69) is 26.7 Å². The SMILES string of the molecule is Cc1cc(O)ccc1-c1cscc1Br. The summed E-state index contributed by atoms with van der Waals surface area (Å²) in [7, 11) is 0. The molecule has 1 N–H and O–H groups in total. The summed E-state index contributed by atoms with van der Waals surface area (Å²) < 4.78 is 1.11. The number of aryl methyl sites for hydroxylation is 1. The first-order valence-corrected chi connectivity index (χ1v) is 5.94. The Morgan fingerprint density at radius 3 is 2.57 bits per heavy atom. The largest absolute Gasteiger partial charge is 0.508 e. The predicted octanol–water partition coefficient (Wildman–Crippen LogP) is 4.19. The molecule has 0 spiro atoms. The molecule has 0 bridgehead atoms. The van der Waals surface area contributed by atoms with Crippen LogP contribution in [0.3, 0.4) is 0 Å². The van der Waals surface area contributed by atoms with E-state index in [9.17, 15) is 5.11 Å². The van der Waals surface area contributed by atoms with E-state index >= 15 is 0 Å². The van der Waals surface area contributed by atoms with Gasteiger partial charge in [-0.05, 0) is 51.5 Å². The lowest BCUT2D eigenvalue weighted by atomic mass is 10.0. The highest BCUT2D eigenvalue weighted by molar-refractivity contribution is 9.10. The zero-order valence-corrected chi connectivity index (χ0v) is 10.0. The van der Waals surface area contributed by atoms with Gasteiger partial charge in [0.2, 0.25) is 0 Å². The van der Waals surface area contributed by atoms with Crippen LogP contribution in [0.4, 0.5) is 0 Å². The topological polar surface area (TPSA) is 20.2 Å². The third-order valence-electron chi connectivity index (χ3n) is 2.11. The number of hydrogen-bond donors (Lipinski definition) is 1. The number of phenolic OH excluding ortho intramolecular Hbond substituents is 1. The lowest BCUT2D eigenvalue weighted by Gasteiger charge is -2.04. The van der Waals surface area contributed by atoms with Crippen molar-refractivity contribution >= 4 is 27.3 Å². The van der Waals surface area contributed by atoms with Gasteiger partial charge < -0.3 is 5.11 Å². The van der Waals surface area contributed by atoms with Crippen molar-refractivity contribution in [1.29, 1.82) is 0 Å². The highest BCUT2D eigenvalue weighted by Crippen LogP contribution is 2.34. The highest BCUT2D eigenvalue weighted by Gasteiger charge is 2.06. The molecule has 0 fully saturated rings. The molecular weight excluding hydrogens is 260 g/mol. The summed E-state index contributed by atoms with van der Waals surface area (Å²) in [6.07, 6.45) is 0. The third-order valence-corrected chi connectivity index (χ3v) is 3.82. The lowest BCUT2D eigenvalue weighted by molar-refractivity contribution is 0.475. The molecule has 0 radical (unpaired) electrons. The second-order valence-electron chi connectivity index (χ2n) is 3.13. The van der Waals surface area contributed by atoms with E-state index < -0.39 is 0 Å². The van der Waals surface area contributed by atoms with Crippen molar-refractivity contribution in [2.24, 2.45) is 0 Å². The lowest BCUT2D eigenvalue weighted by Crippen LogP contribution is -1.80. The maximum Gasteiger partial charge on any atom is 0.115 e. The normalized spacial score (nSPS) is 10.4. The molecule has 2 aromatic rings. The number of hydrogen-bond acceptors (Lipinski definition) is 2. The molecule has 1 heterocycles. The molecule has 0 unspecified atom stereocenters. The summed E-state index contributed by atoms with van der Waals surface area (Å²) >= 11 is 5.17. The van der Waals surface area contributed by atoms with E-state index in [1.54, 1.807) is 23.5 Å². The summed E-state index contributed by atoms with van der Waals surface area (Å²) in [5.74, 6) is 0.317. The summed E-state index contributed by atoms with van der Waals surface area (Å²) in [6, 6.07) is 5.43. The van der Waals surface area contributed by atoms with E-state index in [1.807, 2.05) is 13.0 Å². The Morgan fingerprint density at radius 1 is 1.21 bits per heavy atom. The van der Waals surface area contributed by atoms with Gasteiger partial charge in [-0.3, -0.25) is 0 Å². The summed E-state index contributed by atoms with van der Waals surface area (Å²) in [5, 5.41) is 13.5. The average Bonchev–Trinajstić information content (AvgIpc) is 2.52. The van der Waals surface area contributed by atoms with Crippen LogP contribution in [0.1, 0.15) is 5.56 Å². The van der Waals surface area contributed by atoms with Crippen LogP contribution in [0, 0.1) is 6.92 Å². The zero-order chi connectivity index (χ0) is 10.1. The van der Waals surface area contributed by atoms with Crippen molar-refractivity contribution in [3.8, 4) is 16.9 Å². The molecule has 1 aromatic carbocycles. The molecule has 0 aliphatic carbocycles. The van der Waals surface area contributed by atoms with Gasteiger partial charge in [0.15, 0.2) is 0 Å². The Labute approximate surface area is 95.2 Å². The third kappa shape index (κ3) is 1.70. The Morgan fingerprint density at radius 2 is 2.00 bits per heavy atom. The molecule has 0 atom stereocenters. The van der Waals surface area contributed by atoms with E-state index in [-0.39, 0.29) is 0 Å². The molecular formula is C11H9BrOS. The fourth-order valence-corrected chi connectivity index (χ4v) is 2.93. The summed E-state index contributed by atoms with van der Waals surface area (Å²) in [5.41, 5.74) is 3.44. The molecule has 0 saturated carbocycles. The van der Waals surface area contributed by atoms with Gasteiger partial charge in [-0.2, -0.15) is 11.3 Å². The van der Waals surface area contributed by atoms with Gasteiger partial charge in [-0.1, -0.05) is 6.07 Å². The van der Waals surface area contributed by atoms with Crippen molar-refractivity contribution < 1.29 is 5.11 Å². The minimum Gasteiger partial charge on any atom is -0.508 e. The number of phenols is 1. The molecule has 1 aromatic heterocycles. The van der Waals surface area contributed by atoms with Crippen LogP contribution in [-0.4, -0.2) is 5.11 Å². The Bertz CT molecular complexity index is 462. The molecule has 0 saturated heterocycles. The van der Waals surface area contributed by atoms with Crippen LogP contribution in [0.5, 0.6) is 5.75 Å². The van der Waals surface area contributed by atoms with Crippen molar-refractivity contribution in [2.45, 2.75) is 6.92 Å². The van der Waals surface area contributed by atoms with Crippen LogP contribution in [0.25, 0.3) is 11.1 Å². The Kier molecular flexibility index (Phi) is 2.61. The van der Waals surface area contributed by atoms with Crippen molar-refractivity contribution in [1.82, 2.24) is 0 Å². The first-order valence-electron chi connectivity index (χ1n) is 4.20. The molecule has 3 heteroatoms. The highest BCUT2D eigenvalue weighted by atomic mass is 79.9. The van der Waals surface area contributed by atoms with Gasteiger partial charge in [-0.25, -0.2) is 0 Å². The van der Waals surface area contributed by atoms with Crippen LogP contribution in [-0.2, 0) is 0 Å². The minimum absolute atomic E-state index is 0.317. The Balaban J connectivity index is 2.58. The first kappa shape index (κ1) is 9.74. The fourth-order valence-electron chi connectivity index (χ4n) is 1.42. The summed E-state index contributed by atoms with van der Waals surface area (Å²) in [6.45, 7) is 2.00.